The zero-order valence-corrected chi connectivity index (χ0v) is 16.8. The molecule has 0 amide bonds. The van der Waals surface area contributed by atoms with E-state index in [0.717, 1.165) is 6.42 Å². The standard InChI is InChI=1S/C16H17F4N3S.HI/c1-21-16(23(2)6-5-10-4-3-7-24-10)22-9-11-14(19)12(17)8-13(18)15(11)20;/h3-4,7-8H,5-6,9H2,1-2H3,(H,21,22);1H. The molecular formula is C16H18F4IN3S. The minimum atomic E-state index is -1.42. The Balaban J connectivity index is 0.00000312. The third kappa shape index (κ3) is 5.56. The van der Waals surface area contributed by atoms with Crippen molar-refractivity contribution in [2.75, 3.05) is 20.6 Å². The number of likely N-dealkylation sites (N-methyl/N-ethyl adjacent to an activating group) is 1. The summed E-state index contributed by atoms with van der Waals surface area (Å²) in [5, 5.41) is 4.70. The molecular weight excluding hydrogens is 469 g/mol. The molecule has 0 saturated heterocycles. The van der Waals surface area contributed by atoms with E-state index in [0.29, 0.717) is 12.5 Å². The summed E-state index contributed by atoms with van der Waals surface area (Å²) in [6.07, 6.45) is 0.784. The average Bonchev–Trinajstić information content (AvgIpc) is 3.07. The molecule has 1 heterocycles. The maximum absolute atomic E-state index is 13.7. The molecule has 9 heteroatoms. The predicted molar refractivity (Wildman–Crippen MR) is 103 cm³/mol. The molecule has 0 spiro atoms. The normalized spacial score (nSPS) is 11.2. The number of aliphatic imine (C=N–C) groups is 1. The van der Waals surface area contributed by atoms with Crippen LogP contribution in [0, 0.1) is 23.3 Å². The Labute approximate surface area is 164 Å². The van der Waals surface area contributed by atoms with Gasteiger partial charge in [-0.05, 0) is 17.9 Å². The number of guanidine groups is 1. The van der Waals surface area contributed by atoms with Gasteiger partial charge in [-0.2, -0.15) is 0 Å². The van der Waals surface area contributed by atoms with Gasteiger partial charge in [0, 0.05) is 43.7 Å². The Morgan fingerprint density at radius 2 is 1.84 bits per heavy atom. The fraction of sp³-hybridized carbons (Fsp3) is 0.312. The smallest absolute Gasteiger partial charge is 0.193 e. The number of benzene rings is 1. The molecule has 0 saturated carbocycles. The van der Waals surface area contributed by atoms with Crippen LogP contribution < -0.4 is 5.32 Å². The van der Waals surface area contributed by atoms with Crippen molar-refractivity contribution in [1.82, 2.24) is 10.2 Å². The van der Waals surface area contributed by atoms with Crippen LogP contribution in [0.1, 0.15) is 10.4 Å². The molecule has 2 aromatic rings. The highest BCUT2D eigenvalue weighted by atomic mass is 127. The highest BCUT2D eigenvalue weighted by Crippen LogP contribution is 2.19. The molecule has 0 aliphatic rings. The molecule has 0 aliphatic carbocycles. The minimum absolute atomic E-state index is 0. The van der Waals surface area contributed by atoms with E-state index in [-0.39, 0.29) is 30.0 Å². The van der Waals surface area contributed by atoms with Gasteiger partial charge in [0.2, 0.25) is 0 Å². The van der Waals surface area contributed by atoms with Crippen LogP contribution in [0.5, 0.6) is 0 Å². The lowest BCUT2D eigenvalue weighted by atomic mass is 10.2. The van der Waals surface area contributed by atoms with Gasteiger partial charge in [0.25, 0.3) is 0 Å². The first-order valence-electron chi connectivity index (χ1n) is 7.20. The lowest BCUT2D eigenvalue weighted by Crippen LogP contribution is -2.39. The zero-order valence-electron chi connectivity index (χ0n) is 13.7. The topological polar surface area (TPSA) is 27.6 Å². The van der Waals surface area contributed by atoms with Crippen LogP contribution in [0.15, 0.2) is 28.6 Å². The summed E-state index contributed by atoms with van der Waals surface area (Å²) in [4.78, 5) is 6.97. The molecule has 0 bridgehead atoms. The van der Waals surface area contributed by atoms with E-state index in [1.807, 2.05) is 17.5 Å². The van der Waals surface area contributed by atoms with Crippen molar-refractivity contribution in [2.24, 2.45) is 4.99 Å². The second-order valence-electron chi connectivity index (χ2n) is 5.10. The molecule has 1 aromatic carbocycles. The van der Waals surface area contributed by atoms with Crippen LogP contribution in [0.4, 0.5) is 17.6 Å². The first-order chi connectivity index (χ1) is 11.4. The van der Waals surface area contributed by atoms with Crippen molar-refractivity contribution < 1.29 is 17.6 Å². The molecule has 1 N–H and O–H groups in total. The van der Waals surface area contributed by atoms with Gasteiger partial charge in [0.1, 0.15) is 0 Å². The van der Waals surface area contributed by atoms with Crippen molar-refractivity contribution in [3.8, 4) is 0 Å². The molecule has 25 heavy (non-hydrogen) atoms. The summed E-state index contributed by atoms with van der Waals surface area (Å²) in [5.74, 6) is -5.29. The highest BCUT2D eigenvalue weighted by molar-refractivity contribution is 14.0. The molecule has 1 aromatic heterocycles. The third-order valence-electron chi connectivity index (χ3n) is 3.47. The van der Waals surface area contributed by atoms with Crippen molar-refractivity contribution in [1.29, 1.82) is 0 Å². The lowest BCUT2D eigenvalue weighted by Gasteiger charge is -2.22. The fourth-order valence-corrected chi connectivity index (χ4v) is 2.87. The van der Waals surface area contributed by atoms with Crippen LogP contribution in [0.3, 0.4) is 0 Å². The number of halogens is 5. The van der Waals surface area contributed by atoms with Crippen LogP contribution >= 0.6 is 35.3 Å². The van der Waals surface area contributed by atoms with Crippen molar-refractivity contribution in [3.05, 3.63) is 57.3 Å². The Hall–Kier alpha value is -1.36. The number of hydrogen-bond donors (Lipinski definition) is 1. The van der Waals surface area contributed by atoms with Crippen LogP contribution in [0.25, 0.3) is 0 Å². The number of rotatable bonds is 5. The molecule has 0 radical (unpaired) electrons. The monoisotopic (exact) mass is 487 g/mol. The van der Waals surface area contributed by atoms with Gasteiger partial charge in [-0.3, -0.25) is 4.99 Å². The average molecular weight is 487 g/mol. The van der Waals surface area contributed by atoms with E-state index in [4.69, 9.17) is 0 Å². The van der Waals surface area contributed by atoms with E-state index in [9.17, 15) is 17.6 Å². The number of nitrogens with zero attached hydrogens (tertiary/aromatic N) is 2. The SMILES string of the molecule is CN=C(NCc1c(F)c(F)cc(F)c1F)N(C)CCc1cccs1.I. The van der Waals surface area contributed by atoms with Crippen LogP contribution in [0.2, 0.25) is 0 Å². The Morgan fingerprint density at radius 3 is 2.36 bits per heavy atom. The summed E-state index contributed by atoms with van der Waals surface area (Å²) in [6.45, 7) is 0.213. The number of thiophene rings is 1. The molecule has 0 atom stereocenters. The Kier molecular flexibility index (Phi) is 8.63. The highest BCUT2D eigenvalue weighted by Gasteiger charge is 2.19. The summed E-state index contributed by atoms with van der Waals surface area (Å²) in [7, 11) is 3.28. The molecule has 0 aliphatic heterocycles. The Morgan fingerprint density at radius 1 is 1.20 bits per heavy atom. The first-order valence-corrected chi connectivity index (χ1v) is 8.08. The summed E-state index contributed by atoms with van der Waals surface area (Å²) < 4.78 is 53.7. The van der Waals surface area contributed by atoms with Crippen molar-refractivity contribution >= 4 is 41.3 Å². The fourth-order valence-electron chi connectivity index (χ4n) is 2.17. The molecule has 3 nitrogen and oxygen atoms in total. The second-order valence-corrected chi connectivity index (χ2v) is 6.13. The van der Waals surface area contributed by atoms with Crippen molar-refractivity contribution in [2.45, 2.75) is 13.0 Å². The Bertz CT molecular complexity index is 696. The van der Waals surface area contributed by atoms with Crippen LogP contribution in [-0.2, 0) is 13.0 Å². The molecule has 0 unspecified atom stereocenters. The lowest BCUT2D eigenvalue weighted by molar-refractivity contribution is 0.433. The van der Waals surface area contributed by atoms with Gasteiger partial charge >= 0.3 is 0 Å². The quantitative estimate of drug-likeness (QED) is 0.226. The molecule has 2 rings (SSSR count). The molecule has 0 fully saturated rings. The molecule has 138 valence electrons. The summed E-state index contributed by atoms with van der Waals surface area (Å²) in [6, 6.07) is 4.15. The van der Waals surface area contributed by atoms with Crippen molar-refractivity contribution in [3.63, 3.8) is 0 Å². The van der Waals surface area contributed by atoms with Gasteiger partial charge in [-0.1, -0.05) is 6.07 Å². The minimum Gasteiger partial charge on any atom is -0.352 e. The van der Waals surface area contributed by atoms with E-state index >= 15 is 0 Å². The van der Waals surface area contributed by atoms with Gasteiger partial charge in [-0.25, -0.2) is 17.6 Å². The van der Waals surface area contributed by atoms with E-state index in [1.54, 1.807) is 23.3 Å². The third-order valence-corrected chi connectivity index (χ3v) is 4.41. The maximum atomic E-state index is 13.7. The van der Waals surface area contributed by atoms with Gasteiger partial charge < -0.3 is 10.2 Å². The van der Waals surface area contributed by atoms with E-state index in [2.05, 4.69) is 10.3 Å². The largest absolute Gasteiger partial charge is 0.352 e. The summed E-state index contributed by atoms with van der Waals surface area (Å²) >= 11 is 1.63. The first kappa shape index (κ1) is 21.7. The van der Waals surface area contributed by atoms with E-state index < -0.39 is 35.4 Å². The number of nitrogens with one attached hydrogen (secondary N) is 1. The second kappa shape index (κ2) is 9.95. The summed E-state index contributed by atoms with van der Waals surface area (Å²) in [5.41, 5.74) is -0.694. The predicted octanol–water partition coefficient (Wildman–Crippen LogP) is 4.17. The zero-order chi connectivity index (χ0) is 17.7. The maximum Gasteiger partial charge on any atom is 0.193 e. The van der Waals surface area contributed by atoms with Gasteiger partial charge in [0.15, 0.2) is 29.2 Å². The van der Waals surface area contributed by atoms with Gasteiger partial charge in [-0.15, -0.1) is 35.3 Å². The van der Waals surface area contributed by atoms with E-state index in [1.165, 1.54) is 11.9 Å². The van der Waals surface area contributed by atoms with Crippen LogP contribution in [-0.4, -0.2) is 31.5 Å². The van der Waals surface area contributed by atoms with Gasteiger partial charge in [0.05, 0.1) is 0 Å². The number of hydrogen-bond acceptors (Lipinski definition) is 2.